The van der Waals surface area contributed by atoms with E-state index in [9.17, 15) is 8.42 Å². The lowest BCUT2D eigenvalue weighted by atomic mass is 10.3. The number of thioether (sulfide) groups is 1. The maximum atomic E-state index is 12.3. The summed E-state index contributed by atoms with van der Waals surface area (Å²) in [7, 11) is -3.41. The fraction of sp³-hybridized carbons (Fsp3) is 0.429. The predicted molar refractivity (Wildman–Crippen MR) is 85.8 cm³/mol. The number of rotatable bonds is 9. The second-order valence-corrected chi connectivity index (χ2v) is 7.51. The zero-order valence-electron chi connectivity index (χ0n) is 11.3. The van der Waals surface area contributed by atoms with E-state index in [1.807, 2.05) is 12.1 Å². The maximum Gasteiger partial charge on any atom is 0.242 e. The van der Waals surface area contributed by atoms with Crippen molar-refractivity contribution in [1.29, 1.82) is 0 Å². The summed E-state index contributed by atoms with van der Waals surface area (Å²) in [6, 6.07) is 7.16. The Bertz CT molecular complexity index is 554. The zero-order valence-corrected chi connectivity index (χ0v) is 13.0. The molecule has 0 radical (unpaired) electrons. The van der Waals surface area contributed by atoms with Gasteiger partial charge in [0.15, 0.2) is 0 Å². The van der Waals surface area contributed by atoms with E-state index < -0.39 is 10.0 Å². The topological polar surface area (TPSA) is 58.2 Å². The SMILES string of the molecule is C=CCSCCNc1ccccc1S(=O)(=O)NC1CC1. The molecule has 0 atom stereocenters. The number of hydrogen-bond donors (Lipinski definition) is 2. The largest absolute Gasteiger partial charge is 0.383 e. The highest BCUT2D eigenvalue weighted by Gasteiger charge is 2.29. The van der Waals surface area contributed by atoms with Crippen molar-refractivity contribution in [3.63, 3.8) is 0 Å². The molecule has 4 nitrogen and oxygen atoms in total. The molecule has 2 rings (SSSR count). The van der Waals surface area contributed by atoms with E-state index in [2.05, 4.69) is 16.6 Å². The molecule has 2 N–H and O–H groups in total. The molecule has 0 saturated heterocycles. The quantitative estimate of drug-likeness (QED) is 0.543. The lowest BCUT2D eigenvalue weighted by Crippen LogP contribution is -2.26. The summed E-state index contributed by atoms with van der Waals surface area (Å²) < 4.78 is 27.2. The molecule has 110 valence electrons. The Hall–Kier alpha value is -0.980. The average Bonchev–Trinajstić information content (AvgIpc) is 3.22. The summed E-state index contributed by atoms with van der Waals surface area (Å²) in [6.07, 6.45) is 3.74. The molecule has 6 heteroatoms. The molecule has 0 spiro atoms. The van der Waals surface area contributed by atoms with Crippen molar-refractivity contribution in [2.45, 2.75) is 23.8 Å². The zero-order chi connectivity index (χ0) is 14.4. The molecule has 1 aromatic carbocycles. The Morgan fingerprint density at radius 3 is 2.80 bits per heavy atom. The second kappa shape index (κ2) is 7.15. The van der Waals surface area contributed by atoms with Gasteiger partial charge in [-0.2, -0.15) is 11.8 Å². The van der Waals surface area contributed by atoms with E-state index in [1.165, 1.54) is 0 Å². The third-order valence-corrected chi connectivity index (χ3v) is 5.42. The molecule has 1 fully saturated rings. The highest BCUT2D eigenvalue weighted by molar-refractivity contribution is 7.99. The number of anilines is 1. The van der Waals surface area contributed by atoms with Crippen molar-refractivity contribution in [2.24, 2.45) is 0 Å². The number of nitrogens with one attached hydrogen (secondary N) is 2. The molecule has 20 heavy (non-hydrogen) atoms. The van der Waals surface area contributed by atoms with Crippen LogP contribution in [0.4, 0.5) is 5.69 Å². The van der Waals surface area contributed by atoms with Gasteiger partial charge in [0.05, 0.1) is 5.69 Å². The normalized spacial score (nSPS) is 15.0. The molecular formula is C14H20N2O2S2. The lowest BCUT2D eigenvalue weighted by molar-refractivity contribution is 0.581. The fourth-order valence-electron chi connectivity index (χ4n) is 1.76. The number of sulfonamides is 1. The predicted octanol–water partition coefficient (Wildman–Crippen LogP) is 2.46. The van der Waals surface area contributed by atoms with Gasteiger partial charge in [-0.3, -0.25) is 0 Å². The molecule has 1 aliphatic rings. The highest BCUT2D eigenvalue weighted by Crippen LogP contribution is 2.25. The van der Waals surface area contributed by atoms with Crippen LogP contribution in [-0.4, -0.2) is 32.5 Å². The second-order valence-electron chi connectivity index (χ2n) is 4.68. The highest BCUT2D eigenvalue weighted by atomic mass is 32.2. The first-order valence-corrected chi connectivity index (χ1v) is 9.31. The van der Waals surface area contributed by atoms with Gasteiger partial charge in [-0.1, -0.05) is 18.2 Å². The molecule has 0 heterocycles. The van der Waals surface area contributed by atoms with Gasteiger partial charge in [-0.05, 0) is 25.0 Å². The summed E-state index contributed by atoms with van der Waals surface area (Å²) >= 11 is 1.76. The van der Waals surface area contributed by atoms with Gasteiger partial charge in [-0.25, -0.2) is 13.1 Å². The Kier molecular flexibility index (Phi) is 5.51. The molecule has 1 aromatic rings. The van der Waals surface area contributed by atoms with E-state index in [4.69, 9.17) is 0 Å². The first kappa shape index (κ1) is 15.4. The third-order valence-electron chi connectivity index (χ3n) is 2.87. The number of benzene rings is 1. The van der Waals surface area contributed by atoms with Crippen LogP contribution in [0, 0.1) is 0 Å². The first-order chi connectivity index (χ1) is 9.63. The fourth-order valence-corrected chi connectivity index (χ4v) is 3.82. The lowest BCUT2D eigenvalue weighted by Gasteiger charge is -2.12. The first-order valence-electron chi connectivity index (χ1n) is 6.67. The molecule has 1 aliphatic carbocycles. The van der Waals surface area contributed by atoms with Crippen molar-refractivity contribution in [1.82, 2.24) is 4.72 Å². The summed E-state index contributed by atoms with van der Waals surface area (Å²) in [5, 5.41) is 3.20. The van der Waals surface area contributed by atoms with Gasteiger partial charge in [0.1, 0.15) is 4.90 Å². The van der Waals surface area contributed by atoms with Crippen LogP contribution >= 0.6 is 11.8 Å². The Labute approximate surface area is 125 Å². The summed E-state index contributed by atoms with van der Waals surface area (Å²) in [5.41, 5.74) is 0.667. The smallest absolute Gasteiger partial charge is 0.242 e. The molecule has 0 aromatic heterocycles. The van der Waals surface area contributed by atoms with Crippen LogP contribution in [0.3, 0.4) is 0 Å². The van der Waals surface area contributed by atoms with Crippen LogP contribution < -0.4 is 10.0 Å². The molecule has 1 saturated carbocycles. The van der Waals surface area contributed by atoms with Crippen molar-refractivity contribution >= 4 is 27.5 Å². The molecular weight excluding hydrogens is 292 g/mol. The van der Waals surface area contributed by atoms with Crippen LogP contribution in [0.15, 0.2) is 41.8 Å². The summed E-state index contributed by atoms with van der Waals surface area (Å²) in [4.78, 5) is 0.334. The minimum absolute atomic E-state index is 0.121. The standard InChI is InChI=1S/C14H20N2O2S2/c1-2-10-19-11-9-15-13-5-3-4-6-14(13)20(17,18)16-12-7-8-12/h2-6,12,15-16H,1,7-11H2. The van der Waals surface area contributed by atoms with Crippen LogP contribution in [0.5, 0.6) is 0 Å². The number of para-hydroxylation sites is 1. The van der Waals surface area contributed by atoms with Gasteiger partial charge in [0, 0.05) is 24.1 Å². The van der Waals surface area contributed by atoms with E-state index >= 15 is 0 Å². The van der Waals surface area contributed by atoms with Crippen molar-refractivity contribution in [3.05, 3.63) is 36.9 Å². The molecule has 0 aliphatic heterocycles. The third kappa shape index (κ3) is 4.54. The van der Waals surface area contributed by atoms with Crippen LogP contribution in [0.25, 0.3) is 0 Å². The Morgan fingerprint density at radius 1 is 1.35 bits per heavy atom. The Balaban J connectivity index is 1.99. The van der Waals surface area contributed by atoms with E-state index in [0.29, 0.717) is 10.6 Å². The van der Waals surface area contributed by atoms with Crippen molar-refractivity contribution < 1.29 is 8.42 Å². The monoisotopic (exact) mass is 312 g/mol. The molecule has 0 unspecified atom stereocenters. The average molecular weight is 312 g/mol. The molecule has 0 bridgehead atoms. The summed E-state index contributed by atoms with van der Waals surface area (Å²) in [6.45, 7) is 4.40. The van der Waals surface area contributed by atoms with E-state index in [1.54, 1.807) is 30.0 Å². The van der Waals surface area contributed by atoms with Crippen LogP contribution in [0.1, 0.15) is 12.8 Å². The van der Waals surface area contributed by atoms with E-state index in [-0.39, 0.29) is 6.04 Å². The van der Waals surface area contributed by atoms with Gasteiger partial charge >= 0.3 is 0 Å². The summed E-state index contributed by atoms with van der Waals surface area (Å²) in [5.74, 6) is 1.82. The van der Waals surface area contributed by atoms with Gasteiger partial charge in [0.25, 0.3) is 0 Å². The van der Waals surface area contributed by atoms with Gasteiger partial charge in [0.2, 0.25) is 10.0 Å². The molecule has 0 amide bonds. The van der Waals surface area contributed by atoms with Gasteiger partial charge in [-0.15, -0.1) is 6.58 Å². The van der Waals surface area contributed by atoms with Crippen LogP contribution in [0.2, 0.25) is 0 Å². The van der Waals surface area contributed by atoms with Gasteiger partial charge < -0.3 is 5.32 Å². The Morgan fingerprint density at radius 2 is 2.10 bits per heavy atom. The van der Waals surface area contributed by atoms with Crippen LogP contribution in [-0.2, 0) is 10.0 Å². The minimum Gasteiger partial charge on any atom is -0.383 e. The van der Waals surface area contributed by atoms with Crippen molar-refractivity contribution in [3.8, 4) is 0 Å². The minimum atomic E-state index is -3.41. The number of hydrogen-bond acceptors (Lipinski definition) is 4. The van der Waals surface area contributed by atoms with E-state index in [0.717, 1.165) is 30.9 Å². The van der Waals surface area contributed by atoms with Crippen molar-refractivity contribution in [2.75, 3.05) is 23.4 Å². The maximum absolute atomic E-state index is 12.3.